The molecule has 0 unspecified atom stereocenters. The van der Waals surface area contributed by atoms with E-state index in [1.165, 1.54) is 12.7 Å². The van der Waals surface area contributed by atoms with E-state index in [2.05, 4.69) is 29.8 Å². The van der Waals surface area contributed by atoms with Gasteiger partial charge in [0, 0.05) is 18.2 Å². The molecule has 7 nitrogen and oxygen atoms in total. The highest BCUT2D eigenvalue weighted by atomic mass is 32.1. The number of carbonyl (C=O) groups excluding carboxylic acids is 2. The molecular formula is C24H31N3O4S. The highest BCUT2D eigenvalue weighted by Crippen LogP contribution is 2.28. The van der Waals surface area contributed by atoms with Crippen molar-refractivity contribution in [3.8, 4) is 11.5 Å². The number of hydrogen-bond acceptors (Lipinski definition) is 5. The molecule has 0 fully saturated rings. The van der Waals surface area contributed by atoms with Gasteiger partial charge in [-0.3, -0.25) is 14.9 Å². The monoisotopic (exact) mass is 457 g/mol. The minimum Gasteiger partial charge on any atom is -0.494 e. The number of ether oxygens (including phenoxy) is 2. The average molecular weight is 458 g/mol. The highest BCUT2D eigenvalue weighted by molar-refractivity contribution is 7.80. The molecule has 0 aromatic heterocycles. The van der Waals surface area contributed by atoms with Crippen LogP contribution in [0.5, 0.6) is 11.5 Å². The third-order valence-corrected chi connectivity index (χ3v) is 4.86. The standard InChI is InChI=1S/C24H31N3O4S/c1-5-6-7-22(28)26-20-13-10-18(14-21(20)30-4)25-24(32)27-23(29)15-31-19-11-8-17(9-12-19)16(2)3/h8-14,16H,5-7,15H2,1-4H3,(H,26,28)(H2,25,27,29,32). The van der Waals surface area contributed by atoms with Gasteiger partial charge in [0.05, 0.1) is 12.8 Å². The van der Waals surface area contributed by atoms with E-state index in [0.29, 0.717) is 35.2 Å². The maximum absolute atomic E-state index is 12.1. The largest absolute Gasteiger partial charge is 0.494 e. The molecule has 0 bridgehead atoms. The first-order chi connectivity index (χ1) is 15.3. The number of amides is 2. The van der Waals surface area contributed by atoms with Gasteiger partial charge in [0.1, 0.15) is 11.5 Å². The molecule has 2 aromatic rings. The van der Waals surface area contributed by atoms with Crippen molar-refractivity contribution in [1.82, 2.24) is 5.32 Å². The number of methoxy groups -OCH3 is 1. The average Bonchev–Trinajstić information content (AvgIpc) is 2.77. The summed E-state index contributed by atoms with van der Waals surface area (Å²) in [5, 5.41) is 8.49. The second-order valence-electron chi connectivity index (χ2n) is 7.58. The molecule has 0 saturated carbocycles. The fourth-order valence-corrected chi connectivity index (χ4v) is 3.08. The number of benzene rings is 2. The Hall–Kier alpha value is -3.13. The quantitative estimate of drug-likeness (QED) is 0.443. The topological polar surface area (TPSA) is 88.7 Å². The van der Waals surface area contributed by atoms with Crippen molar-refractivity contribution >= 4 is 40.5 Å². The number of thiocarbonyl (C=S) groups is 1. The minimum atomic E-state index is -0.373. The van der Waals surface area contributed by atoms with Crippen LogP contribution in [0.3, 0.4) is 0 Å². The first kappa shape index (κ1) is 25.1. The van der Waals surface area contributed by atoms with Crippen LogP contribution >= 0.6 is 12.2 Å². The van der Waals surface area contributed by atoms with Gasteiger partial charge in [-0.15, -0.1) is 0 Å². The fourth-order valence-electron chi connectivity index (χ4n) is 2.85. The Morgan fingerprint density at radius 1 is 1.03 bits per heavy atom. The first-order valence-electron chi connectivity index (χ1n) is 10.6. The van der Waals surface area contributed by atoms with Crippen molar-refractivity contribution in [1.29, 1.82) is 0 Å². The number of hydrogen-bond donors (Lipinski definition) is 3. The summed E-state index contributed by atoms with van der Waals surface area (Å²) >= 11 is 5.21. The second kappa shape index (κ2) is 12.7. The lowest BCUT2D eigenvalue weighted by molar-refractivity contribution is -0.121. The van der Waals surface area contributed by atoms with Crippen LogP contribution < -0.4 is 25.4 Å². The Bertz CT molecular complexity index is 929. The van der Waals surface area contributed by atoms with Gasteiger partial charge in [0.2, 0.25) is 5.91 Å². The SMILES string of the molecule is CCCCC(=O)Nc1ccc(NC(=S)NC(=O)COc2ccc(C(C)C)cc2)cc1OC. The van der Waals surface area contributed by atoms with Crippen molar-refractivity contribution in [3.05, 3.63) is 48.0 Å². The van der Waals surface area contributed by atoms with Crippen LogP contribution in [0.4, 0.5) is 11.4 Å². The number of rotatable bonds is 10. The van der Waals surface area contributed by atoms with Gasteiger partial charge in [-0.2, -0.15) is 0 Å². The summed E-state index contributed by atoms with van der Waals surface area (Å²) in [6.07, 6.45) is 2.24. The van der Waals surface area contributed by atoms with Crippen LogP contribution in [0.15, 0.2) is 42.5 Å². The Kier molecular flexibility index (Phi) is 9.94. The lowest BCUT2D eigenvalue weighted by atomic mass is 10.0. The summed E-state index contributed by atoms with van der Waals surface area (Å²) < 4.78 is 10.9. The minimum absolute atomic E-state index is 0.0625. The maximum atomic E-state index is 12.1. The third kappa shape index (κ3) is 8.19. The Morgan fingerprint density at radius 3 is 2.38 bits per heavy atom. The van der Waals surface area contributed by atoms with Crippen LogP contribution in [-0.2, 0) is 9.59 Å². The number of unbranched alkanes of at least 4 members (excludes halogenated alkanes) is 1. The molecule has 0 radical (unpaired) electrons. The van der Waals surface area contributed by atoms with E-state index in [9.17, 15) is 9.59 Å². The summed E-state index contributed by atoms with van der Waals surface area (Å²) in [6, 6.07) is 12.8. The van der Waals surface area contributed by atoms with Gasteiger partial charge < -0.3 is 20.1 Å². The van der Waals surface area contributed by atoms with Gasteiger partial charge in [-0.05, 0) is 54.4 Å². The van der Waals surface area contributed by atoms with Gasteiger partial charge in [-0.25, -0.2) is 0 Å². The Morgan fingerprint density at radius 2 is 1.75 bits per heavy atom. The van der Waals surface area contributed by atoms with E-state index in [1.807, 2.05) is 31.2 Å². The van der Waals surface area contributed by atoms with Crippen LogP contribution in [0, 0.1) is 0 Å². The zero-order valence-corrected chi connectivity index (χ0v) is 19.8. The molecule has 0 aliphatic carbocycles. The Balaban J connectivity index is 1.85. The molecule has 2 aromatic carbocycles. The van der Waals surface area contributed by atoms with E-state index >= 15 is 0 Å². The zero-order chi connectivity index (χ0) is 23.5. The molecule has 0 saturated heterocycles. The Labute approximate surface area is 194 Å². The van der Waals surface area contributed by atoms with E-state index in [4.69, 9.17) is 21.7 Å². The van der Waals surface area contributed by atoms with E-state index in [0.717, 1.165) is 12.8 Å². The normalized spacial score (nSPS) is 10.4. The van der Waals surface area contributed by atoms with Crippen molar-refractivity contribution in [2.75, 3.05) is 24.4 Å². The zero-order valence-electron chi connectivity index (χ0n) is 19.0. The van der Waals surface area contributed by atoms with Gasteiger partial charge in [0.25, 0.3) is 5.91 Å². The molecule has 32 heavy (non-hydrogen) atoms. The lowest BCUT2D eigenvalue weighted by Crippen LogP contribution is -2.37. The predicted octanol–water partition coefficient (Wildman–Crippen LogP) is 4.84. The fraction of sp³-hybridized carbons (Fsp3) is 0.375. The third-order valence-electron chi connectivity index (χ3n) is 4.66. The molecule has 0 spiro atoms. The molecule has 3 N–H and O–H groups in total. The summed E-state index contributed by atoms with van der Waals surface area (Å²) in [6.45, 7) is 6.11. The molecular weight excluding hydrogens is 426 g/mol. The van der Waals surface area contributed by atoms with Crippen LogP contribution in [0.1, 0.15) is 51.5 Å². The van der Waals surface area contributed by atoms with E-state index < -0.39 is 0 Å². The molecule has 172 valence electrons. The lowest BCUT2D eigenvalue weighted by Gasteiger charge is -2.14. The van der Waals surface area contributed by atoms with Gasteiger partial charge >= 0.3 is 0 Å². The van der Waals surface area contributed by atoms with Crippen LogP contribution in [0.25, 0.3) is 0 Å². The van der Waals surface area contributed by atoms with Gasteiger partial charge in [-0.1, -0.05) is 39.3 Å². The summed E-state index contributed by atoms with van der Waals surface area (Å²) in [7, 11) is 1.52. The summed E-state index contributed by atoms with van der Waals surface area (Å²) in [5.41, 5.74) is 2.39. The second-order valence-corrected chi connectivity index (χ2v) is 7.99. The van der Waals surface area contributed by atoms with Crippen molar-refractivity contribution in [2.45, 2.75) is 46.0 Å². The van der Waals surface area contributed by atoms with Crippen LogP contribution in [-0.4, -0.2) is 30.6 Å². The molecule has 2 rings (SSSR count). The molecule has 0 aliphatic rings. The number of carbonyl (C=O) groups is 2. The maximum Gasteiger partial charge on any atom is 0.264 e. The van der Waals surface area contributed by atoms with Gasteiger partial charge in [0.15, 0.2) is 11.7 Å². The number of anilines is 2. The molecule has 0 heterocycles. The molecule has 2 amide bonds. The molecule has 0 atom stereocenters. The van der Waals surface area contributed by atoms with Crippen molar-refractivity contribution in [3.63, 3.8) is 0 Å². The van der Waals surface area contributed by atoms with E-state index in [-0.39, 0.29) is 23.5 Å². The summed E-state index contributed by atoms with van der Waals surface area (Å²) in [5.74, 6) is 1.10. The first-order valence-corrected chi connectivity index (χ1v) is 11.0. The molecule has 8 heteroatoms. The predicted molar refractivity (Wildman–Crippen MR) is 132 cm³/mol. The van der Waals surface area contributed by atoms with Crippen molar-refractivity contribution in [2.24, 2.45) is 0 Å². The molecule has 0 aliphatic heterocycles. The number of nitrogens with one attached hydrogen (secondary N) is 3. The summed E-state index contributed by atoms with van der Waals surface area (Å²) in [4.78, 5) is 24.1. The van der Waals surface area contributed by atoms with Crippen molar-refractivity contribution < 1.29 is 19.1 Å². The van der Waals surface area contributed by atoms with Crippen LogP contribution in [0.2, 0.25) is 0 Å². The highest BCUT2D eigenvalue weighted by Gasteiger charge is 2.11. The van der Waals surface area contributed by atoms with E-state index in [1.54, 1.807) is 18.2 Å². The smallest absolute Gasteiger partial charge is 0.264 e.